The Morgan fingerprint density at radius 3 is 2.58 bits per heavy atom. The minimum atomic E-state index is -0.571. The summed E-state index contributed by atoms with van der Waals surface area (Å²) in [6, 6.07) is 7.64. The summed E-state index contributed by atoms with van der Waals surface area (Å²) in [6.07, 6.45) is 0. The molecule has 2 aromatic rings. The van der Waals surface area contributed by atoms with E-state index in [1.165, 1.54) is 25.1 Å². The third kappa shape index (κ3) is 3.33. The molecule has 0 spiro atoms. The second kappa shape index (κ2) is 7.04. The molecule has 0 bridgehead atoms. The second-order valence-corrected chi connectivity index (χ2v) is 5.75. The summed E-state index contributed by atoms with van der Waals surface area (Å²) in [7, 11) is 0. The number of hydrogen-bond acceptors (Lipinski definition) is 5. The van der Waals surface area contributed by atoms with E-state index in [-0.39, 0.29) is 35.0 Å². The normalized spacial score (nSPS) is 11.2. The Labute approximate surface area is 138 Å². The summed E-state index contributed by atoms with van der Waals surface area (Å²) in [4.78, 5) is 12.6. The SMILES string of the molecule is Cc1c(C#N)c(O)n(CC(C)C)c(=O)c1N=Nc1ccccc1F. The van der Waals surface area contributed by atoms with E-state index in [4.69, 9.17) is 0 Å². The Bertz CT molecular complexity index is 895. The van der Waals surface area contributed by atoms with Gasteiger partial charge >= 0.3 is 0 Å². The molecule has 124 valence electrons. The molecule has 0 aliphatic rings. The highest BCUT2D eigenvalue weighted by molar-refractivity contribution is 5.56. The predicted molar refractivity (Wildman–Crippen MR) is 87.2 cm³/mol. The predicted octanol–water partition coefficient (Wildman–Crippen LogP) is 3.94. The van der Waals surface area contributed by atoms with E-state index in [0.717, 1.165) is 4.57 Å². The highest BCUT2D eigenvalue weighted by Crippen LogP contribution is 2.27. The molecule has 0 atom stereocenters. The molecule has 0 radical (unpaired) electrons. The van der Waals surface area contributed by atoms with Crippen LogP contribution >= 0.6 is 0 Å². The molecule has 2 rings (SSSR count). The molecule has 0 amide bonds. The average Bonchev–Trinajstić information content (AvgIpc) is 2.53. The van der Waals surface area contributed by atoms with Gasteiger partial charge in [0.1, 0.15) is 17.3 Å². The van der Waals surface area contributed by atoms with Crippen LogP contribution in [0.25, 0.3) is 0 Å². The van der Waals surface area contributed by atoms with Gasteiger partial charge in [-0.3, -0.25) is 9.36 Å². The van der Waals surface area contributed by atoms with Crippen molar-refractivity contribution in [2.24, 2.45) is 16.1 Å². The minimum Gasteiger partial charge on any atom is -0.493 e. The molecule has 0 saturated heterocycles. The van der Waals surface area contributed by atoms with Crippen LogP contribution in [0.5, 0.6) is 5.88 Å². The zero-order valence-electron chi connectivity index (χ0n) is 13.6. The molecule has 6 nitrogen and oxygen atoms in total. The summed E-state index contributed by atoms with van der Waals surface area (Å²) >= 11 is 0. The first-order valence-corrected chi connectivity index (χ1v) is 7.39. The Kier molecular flexibility index (Phi) is 5.09. The monoisotopic (exact) mass is 328 g/mol. The number of benzene rings is 1. The molecule has 0 fully saturated rings. The highest BCUT2D eigenvalue weighted by Gasteiger charge is 2.19. The molecule has 1 aromatic heterocycles. The smallest absolute Gasteiger partial charge is 0.281 e. The molecule has 0 unspecified atom stereocenters. The van der Waals surface area contributed by atoms with Crippen LogP contribution in [0.15, 0.2) is 39.3 Å². The van der Waals surface area contributed by atoms with Crippen LogP contribution in [0.4, 0.5) is 15.8 Å². The van der Waals surface area contributed by atoms with Gasteiger partial charge in [0.05, 0.1) is 0 Å². The number of azo groups is 1. The molecule has 24 heavy (non-hydrogen) atoms. The molecule has 0 aliphatic carbocycles. The van der Waals surface area contributed by atoms with Crippen LogP contribution in [-0.4, -0.2) is 9.67 Å². The maximum Gasteiger partial charge on any atom is 0.281 e. The van der Waals surface area contributed by atoms with Crippen molar-refractivity contribution >= 4 is 11.4 Å². The lowest BCUT2D eigenvalue weighted by Gasteiger charge is -2.14. The summed E-state index contributed by atoms with van der Waals surface area (Å²) < 4.78 is 14.7. The van der Waals surface area contributed by atoms with Gasteiger partial charge in [0.15, 0.2) is 11.5 Å². The molecule has 0 aliphatic heterocycles. The van der Waals surface area contributed by atoms with E-state index in [0.29, 0.717) is 0 Å². The van der Waals surface area contributed by atoms with Crippen molar-refractivity contribution in [2.75, 3.05) is 0 Å². The summed E-state index contributed by atoms with van der Waals surface area (Å²) in [5, 5.41) is 27.0. The first kappa shape index (κ1) is 17.3. The van der Waals surface area contributed by atoms with Crippen molar-refractivity contribution in [1.29, 1.82) is 5.26 Å². The lowest BCUT2D eigenvalue weighted by atomic mass is 10.1. The van der Waals surface area contributed by atoms with Crippen LogP contribution in [0.1, 0.15) is 25.0 Å². The van der Waals surface area contributed by atoms with Gasteiger partial charge in [-0.1, -0.05) is 26.0 Å². The molecule has 0 saturated carbocycles. The highest BCUT2D eigenvalue weighted by atomic mass is 19.1. The van der Waals surface area contributed by atoms with Crippen LogP contribution < -0.4 is 5.56 Å². The van der Waals surface area contributed by atoms with E-state index in [1.54, 1.807) is 6.07 Å². The first-order valence-electron chi connectivity index (χ1n) is 7.39. The largest absolute Gasteiger partial charge is 0.493 e. The lowest BCUT2D eigenvalue weighted by molar-refractivity contribution is 0.381. The number of nitrogens with zero attached hydrogens (tertiary/aromatic N) is 4. The Balaban J connectivity index is 2.64. The van der Waals surface area contributed by atoms with Crippen molar-refractivity contribution in [3.63, 3.8) is 0 Å². The number of halogens is 1. The van der Waals surface area contributed by atoms with E-state index in [9.17, 15) is 19.6 Å². The number of aromatic hydroxyl groups is 1. The topological polar surface area (TPSA) is 90.7 Å². The van der Waals surface area contributed by atoms with Crippen LogP contribution in [0.3, 0.4) is 0 Å². The number of hydrogen-bond donors (Lipinski definition) is 1. The zero-order chi connectivity index (χ0) is 17.9. The molecular weight excluding hydrogens is 311 g/mol. The summed E-state index contributed by atoms with van der Waals surface area (Å²) in [6.45, 7) is 5.47. The third-order valence-electron chi connectivity index (χ3n) is 3.43. The molecular formula is C17H17FN4O2. The average molecular weight is 328 g/mol. The minimum absolute atomic E-state index is 0.0155. The van der Waals surface area contributed by atoms with Gasteiger partial charge in [0, 0.05) is 12.1 Å². The Hall–Kier alpha value is -3.01. The van der Waals surface area contributed by atoms with Gasteiger partial charge in [-0.15, -0.1) is 10.2 Å². The van der Waals surface area contributed by atoms with Crippen molar-refractivity contribution in [3.05, 3.63) is 51.6 Å². The number of nitriles is 1. The zero-order valence-corrected chi connectivity index (χ0v) is 13.6. The van der Waals surface area contributed by atoms with E-state index in [2.05, 4.69) is 10.2 Å². The fourth-order valence-electron chi connectivity index (χ4n) is 2.23. The second-order valence-electron chi connectivity index (χ2n) is 5.75. The Morgan fingerprint density at radius 1 is 1.33 bits per heavy atom. The standard InChI is InChI=1S/C17H17FN4O2/c1-10(2)9-22-16(23)12(8-19)11(3)15(17(22)24)21-20-14-7-5-4-6-13(14)18/h4-7,10,23H,9H2,1-3H3. The third-order valence-corrected chi connectivity index (χ3v) is 3.43. The van der Waals surface area contributed by atoms with Crippen LogP contribution in [0, 0.1) is 30.0 Å². The summed E-state index contributed by atoms with van der Waals surface area (Å²) in [5.74, 6) is -0.890. The number of aromatic nitrogens is 1. The van der Waals surface area contributed by atoms with Crippen LogP contribution in [-0.2, 0) is 6.54 Å². The van der Waals surface area contributed by atoms with Gasteiger partial charge in [-0.05, 0) is 25.0 Å². The lowest BCUT2D eigenvalue weighted by Crippen LogP contribution is -2.24. The fraction of sp³-hybridized carbons (Fsp3) is 0.294. The van der Waals surface area contributed by atoms with Gasteiger partial charge in [-0.25, -0.2) is 4.39 Å². The maximum absolute atomic E-state index is 13.6. The van der Waals surface area contributed by atoms with Gasteiger partial charge in [0.2, 0.25) is 5.88 Å². The van der Waals surface area contributed by atoms with E-state index < -0.39 is 17.3 Å². The van der Waals surface area contributed by atoms with Gasteiger partial charge in [0.25, 0.3) is 5.56 Å². The van der Waals surface area contributed by atoms with Crippen molar-refractivity contribution < 1.29 is 9.50 Å². The first-order chi connectivity index (χ1) is 11.4. The maximum atomic E-state index is 13.6. The van der Waals surface area contributed by atoms with Crippen LogP contribution in [0.2, 0.25) is 0 Å². The van der Waals surface area contributed by atoms with Gasteiger partial charge in [-0.2, -0.15) is 5.26 Å². The molecule has 1 N–H and O–H groups in total. The Morgan fingerprint density at radius 2 is 2.00 bits per heavy atom. The molecule has 1 aromatic carbocycles. The van der Waals surface area contributed by atoms with E-state index >= 15 is 0 Å². The van der Waals surface area contributed by atoms with Crippen molar-refractivity contribution in [2.45, 2.75) is 27.3 Å². The van der Waals surface area contributed by atoms with Gasteiger partial charge < -0.3 is 5.11 Å². The van der Waals surface area contributed by atoms with Crippen molar-refractivity contribution in [1.82, 2.24) is 4.57 Å². The van der Waals surface area contributed by atoms with E-state index in [1.807, 2.05) is 19.9 Å². The quantitative estimate of drug-likeness (QED) is 0.862. The summed E-state index contributed by atoms with van der Waals surface area (Å²) in [5.41, 5.74) is -0.512. The molecule has 7 heteroatoms. The number of pyridine rings is 1. The van der Waals surface area contributed by atoms with Crippen molar-refractivity contribution in [3.8, 4) is 11.9 Å². The fourth-order valence-corrected chi connectivity index (χ4v) is 2.23. The number of rotatable bonds is 4. The molecule has 1 heterocycles.